The summed E-state index contributed by atoms with van der Waals surface area (Å²) in [6.45, 7) is 2.90. The van der Waals surface area contributed by atoms with Gasteiger partial charge < -0.3 is 6.74 Å². The molecule has 0 spiro atoms. The maximum atomic E-state index is 10.0. The summed E-state index contributed by atoms with van der Waals surface area (Å²) in [5.74, 6) is -0.208. The van der Waals surface area contributed by atoms with Crippen LogP contribution in [0.4, 0.5) is 0 Å². The molecular weight excluding hydrogens is 165 g/mol. The fraction of sp³-hybridized carbons (Fsp3) is 1.00. The summed E-state index contributed by atoms with van der Waals surface area (Å²) in [6, 6.07) is 0. The fourth-order valence-electron chi connectivity index (χ4n) is 0.378. The van der Waals surface area contributed by atoms with Crippen LogP contribution in [0.2, 0.25) is 0 Å². The molecule has 0 fully saturated rings. The van der Waals surface area contributed by atoms with Crippen LogP contribution in [-0.2, 0) is 10.1 Å². The first-order valence-electron chi connectivity index (χ1n) is 2.72. The fourth-order valence-corrected chi connectivity index (χ4v) is 0.780. The van der Waals surface area contributed by atoms with Crippen molar-refractivity contribution in [1.82, 2.24) is 5.32 Å². The van der Waals surface area contributed by atoms with E-state index < -0.39 is 10.1 Å². The van der Waals surface area contributed by atoms with Crippen LogP contribution in [0.1, 0.15) is 8.35 Å². The maximum absolute atomic E-state index is 10.0. The SMILES string of the molecule is CCNCCS(=O)(=O)O.[H-].[Na+]. The molecule has 0 bridgehead atoms. The van der Waals surface area contributed by atoms with E-state index in [2.05, 4.69) is 5.32 Å². The van der Waals surface area contributed by atoms with E-state index in [1.165, 1.54) is 0 Å². The summed E-state index contributed by atoms with van der Waals surface area (Å²) in [7, 11) is -3.76. The zero-order valence-electron chi connectivity index (χ0n) is 7.29. The van der Waals surface area contributed by atoms with Gasteiger partial charge in [-0.25, -0.2) is 0 Å². The Morgan fingerprint density at radius 2 is 2.10 bits per heavy atom. The molecule has 0 aliphatic rings. The number of nitrogens with one attached hydrogen (secondary N) is 1. The van der Waals surface area contributed by atoms with Crippen LogP contribution in [0.15, 0.2) is 0 Å². The van der Waals surface area contributed by atoms with Gasteiger partial charge >= 0.3 is 29.6 Å². The molecule has 6 heteroatoms. The second-order valence-corrected chi connectivity index (χ2v) is 3.21. The normalized spacial score (nSPS) is 10.6. The van der Waals surface area contributed by atoms with Gasteiger partial charge in [0.25, 0.3) is 10.1 Å². The van der Waals surface area contributed by atoms with Crippen LogP contribution in [0.5, 0.6) is 0 Å². The molecule has 2 N–H and O–H groups in total. The van der Waals surface area contributed by atoms with E-state index in [1.807, 2.05) is 6.92 Å². The molecule has 0 saturated carbocycles. The molecule has 0 atom stereocenters. The molecule has 0 amide bonds. The third kappa shape index (κ3) is 11.6. The quantitative estimate of drug-likeness (QED) is 0.267. The van der Waals surface area contributed by atoms with E-state index in [0.717, 1.165) is 6.54 Å². The van der Waals surface area contributed by atoms with Gasteiger partial charge in [0.2, 0.25) is 0 Å². The predicted octanol–water partition coefficient (Wildman–Crippen LogP) is -3.40. The van der Waals surface area contributed by atoms with Crippen molar-refractivity contribution in [2.24, 2.45) is 0 Å². The number of rotatable bonds is 4. The average Bonchev–Trinajstić information content (AvgIpc) is 1.63. The topological polar surface area (TPSA) is 66.4 Å². The molecule has 0 aromatic carbocycles. The van der Waals surface area contributed by atoms with E-state index in [1.54, 1.807) is 0 Å². The second-order valence-electron chi connectivity index (χ2n) is 1.64. The maximum Gasteiger partial charge on any atom is 1.00 e. The molecule has 0 heterocycles. The van der Waals surface area contributed by atoms with Crippen LogP contribution in [0, 0.1) is 0 Å². The van der Waals surface area contributed by atoms with Crippen molar-refractivity contribution in [3.8, 4) is 0 Å². The van der Waals surface area contributed by atoms with Crippen LogP contribution < -0.4 is 34.9 Å². The van der Waals surface area contributed by atoms with Gasteiger partial charge in [-0.05, 0) is 6.54 Å². The Hall–Kier alpha value is 0.870. The minimum atomic E-state index is -3.76. The molecule has 0 aromatic heterocycles. The van der Waals surface area contributed by atoms with E-state index in [0.29, 0.717) is 6.54 Å². The molecule has 0 radical (unpaired) electrons. The van der Waals surface area contributed by atoms with E-state index >= 15 is 0 Å². The van der Waals surface area contributed by atoms with Crippen LogP contribution in [0.25, 0.3) is 0 Å². The summed E-state index contributed by atoms with van der Waals surface area (Å²) < 4.78 is 28.2. The Morgan fingerprint density at radius 3 is 2.40 bits per heavy atom. The summed E-state index contributed by atoms with van der Waals surface area (Å²) in [5, 5.41) is 2.77. The molecular formula is C4H12NNaO3S. The predicted molar refractivity (Wildman–Crippen MR) is 36.1 cm³/mol. The molecule has 4 nitrogen and oxygen atoms in total. The van der Waals surface area contributed by atoms with E-state index in [-0.39, 0.29) is 36.7 Å². The van der Waals surface area contributed by atoms with Gasteiger partial charge in [-0.3, -0.25) is 4.55 Å². The van der Waals surface area contributed by atoms with Gasteiger partial charge in [-0.2, -0.15) is 8.42 Å². The molecule has 0 aromatic rings. The van der Waals surface area contributed by atoms with Gasteiger partial charge in [0.1, 0.15) is 0 Å². The van der Waals surface area contributed by atoms with Crippen molar-refractivity contribution in [3.05, 3.63) is 0 Å². The van der Waals surface area contributed by atoms with Gasteiger partial charge in [-0.1, -0.05) is 6.92 Å². The van der Waals surface area contributed by atoms with Crippen molar-refractivity contribution < 1.29 is 44.0 Å². The third-order valence-corrected chi connectivity index (χ3v) is 1.51. The smallest absolute Gasteiger partial charge is 1.00 e. The Balaban J connectivity index is -0.000000320. The summed E-state index contributed by atoms with van der Waals surface area (Å²) in [4.78, 5) is 0. The summed E-state index contributed by atoms with van der Waals surface area (Å²) >= 11 is 0. The van der Waals surface area contributed by atoms with E-state index in [9.17, 15) is 8.42 Å². The van der Waals surface area contributed by atoms with E-state index in [4.69, 9.17) is 4.55 Å². The molecule has 0 unspecified atom stereocenters. The molecule has 58 valence electrons. The Bertz CT molecular complexity index is 161. The average molecular weight is 177 g/mol. The van der Waals surface area contributed by atoms with Crippen LogP contribution >= 0.6 is 0 Å². The first-order chi connectivity index (χ1) is 4.06. The molecule has 0 rings (SSSR count). The van der Waals surface area contributed by atoms with Gasteiger partial charge in [0, 0.05) is 6.54 Å². The monoisotopic (exact) mass is 177 g/mol. The minimum absolute atomic E-state index is 0. The van der Waals surface area contributed by atoms with Crippen molar-refractivity contribution in [3.63, 3.8) is 0 Å². The van der Waals surface area contributed by atoms with Crippen LogP contribution in [0.3, 0.4) is 0 Å². The zero-order chi connectivity index (χ0) is 7.33. The standard InChI is InChI=1S/C4H11NO3S.Na.H/c1-2-5-3-4-9(6,7)8;;/h5H,2-4H2,1H3,(H,6,7,8);;/q;+1;-1. The summed E-state index contributed by atoms with van der Waals surface area (Å²) in [5.41, 5.74) is 0. The molecule has 10 heavy (non-hydrogen) atoms. The Morgan fingerprint density at radius 1 is 1.60 bits per heavy atom. The molecule has 0 saturated heterocycles. The largest absolute Gasteiger partial charge is 1.00 e. The van der Waals surface area contributed by atoms with Crippen molar-refractivity contribution in [2.45, 2.75) is 6.92 Å². The zero-order valence-corrected chi connectivity index (χ0v) is 9.11. The van der Waals surface area contributed by atoms with Crippen molar-refractivity contribution in [1.29, 1.82) is 0 Å². The van der Waals surface area contributed by atoms with Gasteiger partial charge in [0.15, 0.2) is 0 Å². The van der Waals surface area contributed by atoms with Crippen molar-refractivity contribution in [2.75, 3.05) is 18.8 Å². The van der Waals surface area contributed by atoms with Crippen molar-refractivity contribution >= 4 is 10.1 Å². The first-order valence-corrected chi connectivity index (χ1v) is 4.33. The molecule has 0 aliphatic carbocycles. The van der Waals surface area contributed by atoms with Crippen LogP contribution in [-0.4, -0.2) is 31.8 Å². The first kappa shape index (κ1) is 13.5. The Labute approximate surface area is 84.9 Å². The number of hydrogen-bond acceptors (Lipinski definition) is 3. The number of hydrogen-bond donors (Lipinski definition) is 2. The minimum Gasteiger partial charge on any atom is -1.00 e. The summed E-state index contributed by atoms with van der Waals surface area (Å²) in [6.07, 6.45) is 0. The van der Waals surface area contributed by atoms with Gasteiger partial charge in [0.05, 0.1) is 5.75 Å². The Kier molecular flexibility index (Phi) is 8.85. The second kappa shape index (κ2) is 6.57. The van der Waals surface area contributed by atoms with Gasteiger partial charge in [-0.15, -0.1) is 0 Å². The third-order valence-electron chi connectivity index (χ3n) is 0.787. The molecule has 0 aliphatic heterocycles.